The molecular formula is C10H15N3O3S. The van der Waals surface area contributed by atoms with Gasteiger partial charge < -0.3 is 4.98 Å². The third-order valence-corrected chi connectivity index (χ3v) is 4.14. The second kappa shape index (κ2) is 4.23. The van der Waals surface area contributed by atoms with E-state index in [4.69, 9.17) is 0 Å². The van der Waals surface area contributed by atoms with Crippen LogP contribution in [0, 0.1) is 6.92 Å². The maximum absolute atomic E-state index is 11.6. The van der Waals surface area contributed by atoms with Gasteiger partial charge in [-0.25, -0.2) is 13.4 Å². The van der Waals surface area contributed by atoms with Crippen LogP contribution in [-0.4, -0.2) is 35.5 Å². The number of nitrogens with one attached hydrogen (secondary N) is 1. The third kappa shape index (κ3) is 2.55. The van der Waals surface area contributed by atoms with E-state index < -0.39 is 10.0 Å². The maximum atomic E-state index is 11.6. The van der Waals surface area contributed by atoms with Gasteiger partial charge in [0.1, 0.15) is 5.82 Å². The summed E-state index contributed by atoms with van der Waals surface area (Å²) in [4.78, 5) is 18.1. The Morgan fingerprint density at radius 3 is 2.82 bits per heavy atom. The van der Waals surface area contributed by atoms with Crippen molar-refractivity contribution in [2.75, 3.05) is 12.8 Å². The quantitative estimate of drug-likeness (QED) is 0.819. The van der Waals surface area contributed by atoms with E-state index in [0.717, 1.165) is 6.42 Å². The summed E-state index contributed by atoms with van der Waals surface area (Å²) < 4.78 is 24.6. The SMILES string of the molecule is Cc1nc(C2CCCN2S(C)(=O)=O)cc(=O)[nH]1. The molecule has 0 amide bonds. The van der Waals surface area contributed by atoms with Crippen molar-refractivity contribution < 1.29 is 8.42 Å². The Labute approximate surface area is 99.7 Å². The van der Waals surface area contributed by atoms with Gasteiger partial charge in [-0.1, -0.05) is 0 Å². The van der Waals surface area contributed by atoms with E-state index in [1.54, 1.807) is 6.92 Å². The fourth-order valence-electron chi connectivity index (χ4n) is 2.21. The average molecular weight is 257 g/mol. The van der Waals surface area contributed by atoms with Crippen LogP contribution in [0.2, 0.25) is 0 Å². The highest BCUT2D eigenvalue weighted by Gasteiger charge is 2.33. The topological polar surface area (TPSA) is 83.1 Å². The van der Waals surface area contributed by atoms with Crippen molar-refractivity contribution in [1.82, 2.24) is 14.3 Å². The number of aromatic nitrogens is 2. The van der Waals surface area contributed by atoms with E-state index in [1.807, 2.05) is 0 Å². The summed E-state index contributed by atoms with van der Waals surface area (Å²) in [6, 6.07) is 1.08. The predicted molar refractivity (Wildman–Crippen MR) is 63.1 cm³/mol. The predicted octanol–water partition coefficient (Wildman–Crippen LogP) is 0.175. The molecule has 1 aromatic heterocycles. The number of hydrogen-bond acceptors (Lipinski definition) is 4. The van der Waals surface area contributed by atoms with Crippen LogP contribution in [0.3, 0.4) is 0 Å². The molecule has 1 aromatic rings. The van der Waals surface area contributed by atoms with Crippen LogP contribution in [0.1, 0.15) is 30.4 Å². The highest BCUT2D eigenvalue weighted by Crippen LogP contribution is 2.32. The van der Waals surface area contributed by atoms with Gasteiger partial charge >= 0.3 is 0 Å². The minimum Gasteiger partial charge on any atom is -0.311 e. The van der Waals surface area contributed by atoms with Gasteiger partial charge in [-0.3, -0.25) is 4.79 Å². The van der Waals surface area contributed by atoms with Crippen molar-refractivity contribution in [3.8, 4) is 0 Å². The highest BCUT2D eigenvalue weighted by atomic mass is 32.2. The van der Waals surface area contributed by atoms with Gasteiger partial charge in [0.25, 0.3) is 5.56 Å². The van der Waals surface area contributed by atoms with Gasteiger partial charge in [0.15, 0.2) is 0 Å². The van der Waals surface area contributed by atoms with Gasteiger partial charge in [0, 0.05) is 12.6 Å². The second-order valence-corrected chi connectivity index (χ2v) is 6.22. The minimum atomic E-state index is -3.24. The Morgan fingerprint density at radius 1 is 1.53 bits per heavy atom. The molecule has 1 aliphatic rings. The molecule has 2 rings (SSSR count). The number of rotatable bonds is 2. The van der Waals surface area contributed by atoms with Crippen LogP contribution < -0.4 is 5.56 Å². The molecule has 2 heterocycles. The molecule has 0 aliphatic carbocycles. The van der Waals surface area contributed by atoms with Crippen molar-refractivity contribution in [2.45, 2.75) is 25.8 Å². The Kier molecular flexibility index (Phi) is 3.05. The number of H-pyrrole nitrogens is 1. The first kappa shape index (κ1) is 12.3. The van der Waals surface area contributed by atoms with Gasteiger partial charge in [0.2, 0.25) is 10.0 Å². The number of hydrogen-bond donors (Lipinski definition) is 1. The fraction of sp³-hybridized carbons (Fsp3) is 0.600. The van der Waals surface area contributed by atoms with Crippen LogP contribution >= 0.6 is 0 Å². The normalized spacial score (nSPS) is 21.9. The summed E-state index contributed by atoms with van der Waals surface area (Å²) in [5.74, 6) is 0.507. The molecule has 1 atom stereocenters. The first-order chi connectivity index (χ1) is 7.88. The Morgan fingerprint density at radius 2 is 2.24 bits per heavy atom. The third-order valence-electron chi connectivity index (χ3n) is 2.85. The van der Waals surface area contributed by atoms with Crippen molar-refractivity contribution in [1.29, 1.82) is 0 Å². The number of sulfonamides is 1. The Hall–Kier alpha value is -1.21. The van der Waals surface area contributed by atoms with E-state index in [9.17, 15) is 13.2 Å². The van der Waals surface area contributed by atoms with Crippen LogP contribution in [0.5, 0.6) is 0 Å². The number of aryl methyl sites for hydroxylation is 1. The Bertz CT molecular complexity index is 579. The smallest absolute Gasteiger partial charge is 0.251 e. The lowest BCUT2D eigenvalue weighted by Crippen LogP contribution is -2.30. The summed E-state index contributed by atoms with van der Waals surface area (Å²) in [6.07, 6.45) is 2.69. The van der Waals surface area contributed by atoms with E-state index in [2.05, 4.69) is 9.97 Å². The summed E-state index contributed by atoms with van der Waals surface area (Å²) in [5.41, 5.74) is 0.294. The molecular weight excluding hydrogens is 242 g/mol. The van der Waals surface area contributed by atoms with Crippen LogP contribution in [0.4, 0.5) is 0 Å². The van der Waals surface area contributed by atoms with Gasteiger partial charge in [0.05, 0.1) is 18.0 Å². The fourth-order valence-corrected chi connectivity index (χ4v) is 3.34. The molecule has 0 radical (unpaired) electrons. The van der Waals surface area contributed by atoms with E-state index >= 15 is 0 Å². The van der Waals surface area contributed by atoms with Crippen LogP contribution in [0.15, 0.2) is 10.9 Å². The van der Waals surface area contributed by atoms with Crippen molar-refractivity contribution >= 4 is 10.0 Å². The first-order valence-electron chi connectivity index (χ1n) is 5.42. The first-order valence-corrected chi connectivity index (χ1v) is 7.27. The van der Waals surface area contributed by atoms with Crippen molar-refractivity contribution in [2.24, 2.45) is 0 Å². The van der Waals surface area contributed by atoms with Gasteiger partial charge in [-0.15, -0.1) is 0 Å². The average Bonchev–Trinajstić information content (AvgIpc) is 2.63. The van der Waals surface area contributed by atoms with Gasteiger partial charge in [-0.05, 0) is 19.8 Å². The molecule has 1 fully saturated rings. The standard InChI is InChI=1S/C10H15N3O3S/c1-7-11-8(6-10(14)12-7)9-4-3-5-13(9)17(2,15)16/h6,9H,3-5H2,1-2H3,(H,11,12,14). The minimum absolute atomic E-state index is 0.243. The molecule has 0 bridgehead atoms. The molecule has 94 valence electrons. The number of nitrogens with zero attached hydrogens (tertiary/aromatic N) is 2. The molecule has 0 saturated carbocycles. The van der Waals surface area contributed by atoms with E-state index in [1.165, 1.54) is 16.6 Å². The molecule has 0 aromatic carbocycles. The van der Waals surface area contributed by atoms with E-state index in [0.29, 0.717) is 24.5 Å². The zero-order valence-electron chi connectivity index (χ0n) is 9.80. The summed E-state index contributed by atoms with van der Waals surface area (Å²) >= 11 is 0. The molecule has 1 unspecified atom stereocenters. The maximum Gasteiger partial charge on any atom is 0.251 e. The lowest BCUT2D eigenvalue weighted by atomic mass is 10.1. The molecule has 7 heteroatoms. The molecule has 1 N–H and O–H groups in total. The summed E-state index contributed by atoms with van der Waals surface area (Å²) in [5, 5.41) is 0. The van der Waals surface area contributed by atoms with Crippen molar-refractivity contribution in [3.63, 3.8) is 0 Å². The largest absolute Gasteiger partial charge is 0.311 e. The Balaban J connectivity index is 2.42. The lowest BCUT2D eigenvalue weighted by Gasteiger charge is -2.21. The monoisotopic (exact) mass is 257 g/mol. The second-order valence-electron chi connectivity index (χ2n) is 4.29. The summed E-state index contributed by atoms with van der Waals surface area (Å²) in [7, 11) is -3.24. The molecule has 0 spiro atoms. The van der Waals surface area contributed by atoms with Crippen molar-refractivity contribution in [3.05, 3.63) is 27.9 Å². The number of aromatic amines is 1. The summed E-state index contributed by atoms with van der Waals surface area (Å²) in [6.45, 7) is 2.18. The molecule has 1 saturated heterocycles. The molecule has 17 heavy (non-hydrogen) atoms. The van der Waals surface area contributed by atoms with E-state index in [-0.39, 0.29) is 11.6 Å². The highest BCUT2D eigenvalue weighted by molar-refractivity contribution is 7.88. The molecule has 6 nitrogen and oxygen atoms in total. The van der Waals surface area contributed by atoms with Crippen LogP contribution in [-0.2, 0) is 10.0 Å². The lowest BCUT2D eigenvalue weighted by molar-refractivity contribution is 0.393. The molecule has 1 aliphatic heterocycles. The van der Waals surface area contributed by atoms with Gasteiger partial charge in [-0.2, -0.15) is 4.31 Å². The van der Waals surface area contributed by atoms with Crippen LogP contribution in [0.25, 0.3) is 0 Å². The zero-order chi connectivity index (χ0) is 12.6. The zero-order valence-corrected chi connectivity index (χ0v) is 10.6.